The van der Waals surface area contributed by atoms with E-state index in [0.717, 1.165) is 71.1 Å². The number of hydrogen-bond donors (Lipinski definition) is 2. The van der Waals surface area contributed by atoms with Crippen molar-refractivity contribution in [3.63, 3.8) is 0 Å². The number of amides is 2. The first kappa shape index (κ1) is 41.8. The molecule has 0 bridgehead atoms. The van der Waals surface area contributed by atoms with Crippen LogP contribution in [0.1, 0.15) is 81.3 Å². The van der Waals surface area contributed by atoms with Crippen molar-refractivity contribution in [1.82, 2.24) is 19.8 Å². The van der Waals surface area contributed by atoms with Crippen LogP contribution in [0.5, 0.6) is 11.5 Å². The van der Waals surface area contributed by atoms with Crippen molar-refractivity contribution in [3.05, 3.63) is 141 Å². The number of carboxylic acids is 2. The third-order valence-corrected chi connectivity index (χ3v) is 12.2. The van der Waals surface area contributed by atoms with Gasteiger partial charge in [-0.2, -0.15) is 0 Å². The lowest BCUT2D eigenvalue weighted by atomic mass is 10.0. The van der Waals surface area contributed by atoms with Crippen LogP contribution in [0.15, 0.2) is 120 Å². The molecule has 0 saturated carbocycles. The lowest BCUT2D eigenvalue weighted by Crippen LogP contribution is -2.41. The van der Waals surface area contributed by atoms with E-state index in [4.69, 9.17) is 29.7 Å². The number of nitrogens with zero attached hydrogens (tertiary/aromatic N) is 4. The summed E-state index contributed by atoms with van der Waals surface area (Å²) in [5.41, 5.74) is 3.82. The van der Waals surface area contributed by atoms with Gasteiger partial charge in [-0.3, -0.25) is 9.59 Å². The summed E-state index contributed by atoms with van der Waals surface area (Å²) >= 11 is 3.07. The molecule has 308 valence electrons. The SMILES string of the molecule is O=C(O)c1ccc(-c2csc([C@H]3CCCCN3C(=O)COc3ccccc3)n2)cc1.O=C(O)c1ccc(-c2csc([C@H]3CCCCN3C(=O)COc3ccccc3)n2)cc1. The smallest absolute Gasteiger partial charge is 0.335 e. The summed E-state index contributed by atoms with van der Waals surface area (Å²) < 4.78 is 11.3. The van der Waals surface area contributed by atoms with Gasteiger partial charge in [0.25, 0.3) is 11.8 Å². The molecule has 2 atom stereocenters. The average molecular weight is 845 g/mol. The standard InChI is InChI=1S/2C23H22N2O4S/c2*26-21(14-29-18-6-2-1-3-7-18)25-13-5-4-8-20(25)22-24-19(15-30-22)16-9-11-17(12-10-16)23(27)28/h2*1-3,6-7,9-12,15,20H,4-5,8,13-14H2,(H,27,28)/t2*20-/m11/s1. The summed E-state index contributed by atoms with van der Waals surface area (Å²) in [6.45, 7) is 1.42. The van der Waals surface area contributed by atoms with Gasteiger partial charge in [0.2, 0.25) is 0 Å². The quantitative estimate of drug-likeness (QED) is 0.122. The molecule has 0 radical (unpaired) electrons. The maximum atomic E-state index is 12.9. The number of carboxylic acid groups (broad SMARTS) is 2. The Morgan fingerprint density at radius 2 is 0.933 bits per heavy atom. The van der Waals surface area contributed by atoms with Gasteiger partial charge in [-0.25, -0.2) is 19.6 Å². The second kappa shape index (κ2) is 20.1. The molecule has 2 N–H and O–H groups in total. The highest BCUT2D eigenvalue weighted by molar-refractivity contribution is 7.10. The summed E-state index contributed by atoms with van der Waals surface area (Å²) in [6.07, 6.45) is 5.81. The molecule has 0 aliphatic carbocycles. The van der Waals surface area contributed by atoms with Gasteiger partial charge in [-0.1, -0.05) is 60.7 Å². The van der Waals surface area contributed by atoms with Crippen LogP contribution >= 0.6 is 22.7 Å². The summed E-state index contributed by atoms with van der Waals surface area (Å²) in [5.74, 6) is -0.608. The number of ether oxygens (including phenoxy) is 2. The topological polar surface area (TPSA) is 159 Å². The van der Waals surface area contributed by atoms with Crippen molar-refractivity contribution in [2.75, 3.05) is 26.3 Å². The molecule has 12 nitrogen and oxygen atoms in total. The summed E-state index contributed by atoms with van der Waals surface area (Å²) in [4.78, 5) is 61.1. The van der Waals surface area contributed by atoms with Crippen molar-refractivity contribution in [1.29, 1.82) is 0 Å². The first-order valence-electron chi connectivity index (χ1n) is 19.8. The third-order valence-electron chi connectivity index (χ3n) is 10.3. The van der Waals surface area contributed by atoms with Gasteiger partial charge in [0.05, 0.1) is 34.6 Å². The molecule has 0 unspecified atom stereocenters. The number of carbonyl (C=O) groups is 4. The number of piperidine rings is 2. The van der Waals surface area contributed by atoms with Crippen molar-refractivity contribution < 1.29 is 38.9 Å². The van der Waals surface area contributed by atoms with Gasteiger partial charge in [-0.15, -0.1) is 22.7 Å². The number of aromatic carboxylic acids is 2. The third kappa shape index (κ3) is 10.6. The molecule has 2 amide bonds. The molecule has 4 heterocycles. The van der Waals surface area contributed by atoms with Gasteiger partial charge in [0.15, 0.2) is 13.2 Å². The Morgan fingerprint density at radius 1 is 0.550 bits per heavy atom. The van der Waals surface area contributed by atoms with E-state index in [2.05, 4.69) is 0 Å². The molecular weight excluding hydrogens is 801 g/mol. The van der Waals surface area contributed by atoms with E-state index < -0.39 is 11.9 Å². The first-order valence-corrected chi connectivity index (χ1v) is 21.5. The molecular formula is C46H44N4O8S2. The monoisotopic (exact) mass is 844 g/mol. The Balaban J connectivity index is 0.000000181. The van der Waals surface area contributed by atoms with E-state index in [9.17, 15) is 19.2 Å². The number of hydrogen-bond acceptors (Lipinski definition) is 10. The molecule has 60 heavy (non-hydrogen) atoms. The van der Waals surface area contributed by atoms with Gasteiger partial charge in [-0.05, 0) is 87.1 Å². The van der Waals surface area contributed by atoms with Crippen LogP contribution < -0.4 is 9.47 Å². The summed E-state index contributed by atoms with van der Waals surface area (Å²) in [7, 11) is 0. The number of carbonyl (C=O) groups excluding carboxylic acids is 2. The molecule has 2 fully saturated rings. The van der Waals surface area contributed by atoms with E-state index in [1.54, 1.807) is 48.5 Å². The van der Waals surface area contributed by atoms with Crippen LogP contribution in [0.4, 0.5) is 0 Å². The number of likely N-dealkylation sites (tertiary alicyclic amines) is 2. The van der Waals surface area contributed by atoms with Crippen LogP contribution in [0, 0.1) is 0 Å². The number of thiazole rings is 2. The van der Waals surface area contributed by atoms with Crippen molar-refractivity contribution >= 4 is 46.4 Å². The first-order chi connectivity index (χ1) is 29.2. The molecule has 6 aromatic rings. The molecule has 2 aromatic heterocycles. The summed E-state index contributed by atoms with van der Waals surface area (Å²) in [6, 6.07) is 31.9. The van der Waals surface area contributed by atoms with Crippen LogP contribution in [0.25, 0.3) is 22.5 Å². The maximum Gasteiger partial charge on any atom is 0.335 e. The Kier molecular flexibility index (Phi) is 14.0. The van der Waals surface area contributed by atoms with E-state index in [-0.39, 0.29) is 48.2 Å². The Labute approximate surface area is 355 Å². The zero-order chi connectivity index (χ0) is 41.8. The average Bonchev–Trinajstić information content (AvgIpc) is 4.00. The summed E-state index contributed by atoms with van der Waals surface area (Å²) in [5, 5.41) is 23.8. The zero-order valence-electron chi connectivity index (χ0n) is 32.7. The van der Waals surface area contributed by atoms with Crippen LogP contribution in [-0.2, 0) is 9.59 Å². The Hall–Kier alpha value is -6.38. The minimum absolute atomic E-state index is 0.00932. The van der Waals surface area contributed by atoms with Gasteiger partial charge < -0.3 is 29.5 Å². The van der Waals surface area contributed by atoms with Gasteiger partial charge in [0.1, 0.15) is 21.5 Å². The predicted molar refractivity (Wildman–Crippen MR) is 230 cm³/mol. The second-order valence-corrected chi connectivity index (χ2v) is 16.1. The van der Waals surface area contributed by atoms with Gasteiger partial charge in [0, 0.05) is 35.0 Å². The molecule has 8 rings (SSSR count). The molecule has 4 aromatic carbocycles. The van der Waals surface area contributed by atoms with Gasteiger partial charge >= 0.3 is 11.9 Å². The highest BCUT2D eigenvalue weighted by Crippen LogP contribution is 2.36. The minimum Gasteiger partial charge on any atom is -0.484 e. The predicted octanol–water partition coefficient (Wildman–Crippen LogP) is 9.28. The zero-order valence-corrected chi connectivity index (χ0v) is 34.4. The molecule has 2 aliphatic rings. The normalized spacial score (nSPS) is 16.3. The second-order valence-electron chi connectivity index (χ2n) is 14.3. The van der Waals surface area contributed by atoms with Crippen LogP contribution in [0.2, 0.25) is 0 Å². The number of para-hydroxylation sites is 2. The Morgan fingerprint density at radius 3 is 1.30 bits per heavy atom. The number of benzene rings is 4. The van der Waals surface area contributed by atoms with Crippen molar-refractivity contribution in [2.45, 2.75) is 50.6 Å². The fourth-order valence-electron chi connectivity index (χ4n) is 7.18. The molecule has 2 aliphatic heterocycles. The number of rotatable bonds is 12. The van der Waals surface area contributed by atoms with Crippen molar-refractivity contribution in [2.24, 2.45) is 0 Å². The lowest BCUT2D eigenvalue weighted by Gasteiger charge is -2.34. The fraction of sp³-hybridized carbons (Fsp3) is 0.261. The van der Waals surface area contributed by atoms with Crippen LogP contribution in [0.3, 0.4) is 0 Å². The van der Waals surface area contributed by atoms with E-state index in [0.29, 0.717) is 24.6 Å². The highest BCUT2D eigenvalue weighted by atomic mass is 32.1. The van der Waals surface area contributed by atoms with Crippen LogP contribution in [-0.4, -0.2) is 80.0 Å². The maximum absolute atomic E-state index is 12.9. The number of aromatic nitrogens is 2. The molecule has 2 saturated heterocycles. The van der Waals surface area contributed by atoms with Crippen molar-refractivity contribution in [3.8, 4) is 34.0 Å². The Bertz CT molecular complexity index is 2200. The lowest BCUT2D eigenvalue weighted by molar-refractivity contribution is -0.138. The fourth-order valence-corrected chi connectivity index (χ4v) is 9.13. The highest BCUT2D eigenvalue weighted by Gasteiger charge is 2.32. The van der Waals surface area contributed by atoms with E-state index >= 15 is 0 Å². The minimum atomic E-state index is -0.949. The molecule has 14 heteroatoms. The van der Waals surface area contributed by atoms with E-state index in [1.807, 2.05) is 81.2 Å². The van der Waals surface area contributed by atoms with E-state index in [1.165, 1.54) is 22.7 Å². The largest absolute Gasteiger partial charge is 0.484 e. The molecule has 0 spiro atoms.